The van der Waals surface area contributed by atoms with Crippen molar-refractivity contribution in [2.75, 3.05) is 26.8 Å². The molecule has 6 nitrogen and oxygen atoms in total. The lowest BCUT2D eigenvalue weighted by Crippen LogP contribution is -2.46. The third-order valence-electron chi connectivity index (χ3n) is 6.32. The van der Waals surface area contributed by atoms with Gasteiger partial charge in [-0.05, 0) is 55.5 Å². The minimum atomic E-state index is -0.312. The number of rotatable bonds is 8. The molecule has 1 aromatic heterocycles. The largest absolute Gasteiger partial charge is 0.385 e. The number of likely N-dealkylation sites (tertiary alicyclic amines) is 1. The van der Waals surface area contributed by atoms with Crippen LogP contribution in [0.25, 0.3) is 11.5 Å². The van der Waals surface area contributed by atoms with E-state index in [2.05, 4.69) is 10.1 Å². The number of hydrogen-bond acceptors (Lipinski definition) is 5. The van der Waals surface area contributed by atoms with E-state index in [1.54, 1.807) is 19.2 Å². The van der Waals surface area contributed by atoms with E-state index in [1.165, 1.54) is 17.7 Å². The van der Waals surface area contributed by atoms with E-state index < -0.39 is 0 Å². The van der Waals surface area contributed by atoms with Crippen molar-refractivity contribution < 1.29 is 18.4 Å². The van der Waals surface area contributed by atoms with Crippen LogP contribution < -0.4 is 0 Å². The molecule has 1 aliphatic heterocycles. The fraction of sp³-hybridized carbons (Fsp3) is 0.400. The first-order chi connectivity index (χ1) is 15.6. The van der Waals surface area contributed by atoms with Crippen molar-refractivity contribution in [1.29, 1.82) is 0 Å². The van der Waals surface area contributed by atoms with E-state index in [1.807, 2.05) is 35.2 Å². The van der Waals surface area contributed by atoms with Gasteiger partial charge in [0.2, 0.25) is 5.91 Å². The molecule has 2 heterocycles. The lowest BCUT2D eigenvalue weighted by atomic mass is 9.75. The van der Waals surface area contributed by atoms with Crippen LogP contribution in [0, 0.1) is 5.82 Å². The lowest BCUT2D eigenvalue weighted by Gasteiger charge is -2.40. The van der Waals surface area contributed by atoms with E-state index in [4.69, 9.17) is 9.26 Å². The summed E-state index contributed by atoms with van der Waals surface area (Å²) in [7, 11) is 1.68. The molecule has 1 aliphatic rings. The second-order valence-electron chi connectivity index (χ2n) is 8.32. The SMILES string of the molecule is COCCC1(c2noc(-c3ccc(F)cc3)n2)CCN(C(=O)CCc2ccccc2)CC1. The fourth-order valence-electron chi connectivity index (χ4n) is 4.27. The molecular weight excluding hydrogens is 409 g/mol. The summed E-state index contributed by atoms with van der Waals surface area (Å²) in [6, 6.07) is 16.1. The number of aryl methyl sites for hydroxylation is 1. The first-order valence-electron chi connectivity index (χ1n) is 11.0. The Hall–Kier alpha value is -3.06. The Kier molecular flexibility index (Phi) is 6.95. The van der Waals surface area contributed by atoms with Gasteiger partial charge in [-0.2, -0.15) is 4.98 Å². The molecule has 0 aliphatic carbocycles. The van der Waals surface area contributed by atoms with Crippen LogP contribution in [0.2, 0.25) is 0 Å². The summed E-state index contributed by atoms with van der Waals surface area (Å²) in [5, 5.41) is 4.27. The maximum absolute atomic E-state index is 13.2. The molecule has 1 fully saturated rings. The number of methoxy groups -OCH3 is 1. The average molecular weight is 438 g/mol. The molecule has 0 spiro atoms. The van der Waals surface area contributed by atoms with Crippen molar-refractivity contribution in [1.82, 2.24) is 15.0 Å². The van der Waals surface area contributed by atoms with Crippen LogP contribution in [0.1, 0.15) is 37.1 Å². The first-order valence-corrected chi connectivity index (χ1v) is 11.0. The van der Waals surface area contributed by atoms with E-state index in [0.29, 0.717) is 43.4 Å². The van der Waals surface area contributed by atoms with Crippen molar-refractivity contribution in [2.24, 2.45) is 0 Å². The summed E-state index contributed by atoms with van der Waals surface area (Å²) in [6.07, 6.45) is 3.49. The molecule has 0 bridgehead atoms. The summed E-state index contributed by atoms with van der Waals surface area (Å²) in [4.78, 5) is 19.4. The van der Waals surface area contributed by atoms with Crippen molar-refractivity contribution in [3.63, 3.8) is 0 Å². The molecule has 0 saturated carbocycles. The molecule has 32 heavy (non-hydrogen) atoms. The zero-order valence-corrected chi connectivity index (χ0v) is 18.3. The molecule has 3 aromatic rings. The van der Waals surface area contributed by atoms with E-state index in [-0.39, 0.29) is 17.1 Å². The highest BCUT2D eigenvalue weighted by atomic mass is 19.1. The predicted molar refractivity (Wildman–Crippen MR) is 118 cm³/mol. The summed E-state index contributed by atoms with van der Waals surface area (Å²) >= 11 is 0. The number of hydrogen-bond donors (Lipinski definition) is 0. The highest BCUT2D eigenvalue weighted by molar-refractivity contribution is 5.76. The van der Waals surface area contributed by atoms with Crippen LogP contribution in [0.4, 0.5) is 4.39 Å². The number of benzene rings is 2. The minimum Gasteiger partial charge on any atom is -0.385 e. The molecule has 1 saturated heterocycles. The molecule has 7 heteroatoms. The summed E-state index contributed by atoms with van der Waals surface area (Å²) in [5.41, 5.74) is 1.54. The molecule has 1 amide bonds. The summed E-state index contributed by atoms with van der Waals surface area (Å²) < 4.78 is 24.1. The Morgan fingerprint density at radius 2 is 1.84 bits per heavy atom. The van der Waals surface area contributed by atoms with Gasteiger partial charge in [0.05, 0.1) is 0 Å². The van der Waals surface area contributed by atoms with E-state index >= 15 is 0 Å². The van der Waals surface area contributed by atoms with Crippen LogP contribution in [0.15, 0.2) is 59.1 Å². The highest BCUT2D eigenvalue weighted by Gasteiger charge is 2.41. The van der Waals surface area contributed by atoms with Crippen molar-refractivity contribution >= 4 is 5.91 Å². The van der Waals surface area contributed by atoms with Crippen LogP contribution in [-0.2, 0) is 21.4 Å². The number of amides is 1. The van der Waals surface area contributed by atoms with Crippen molar-refractivity contribution in [3.8, 4) is 11.5 Å². The molecular formula is C25H28FN3O3. The zero-order chi connectivity index (χ0) is 22.4. The minimum absolute atomic E-state index is 0.175. The summed E-state index contributed by atoms with van der Waals surface area (Å²) in [5.74, 6) is 0.868. The van der Waals surface area contributed by atoms with Gasteiger partial charge >= 0.3 is 0 Å². The van der Waals surface area contributed by atoms with Gasteiger partial charge in [0.1, 0.15) is 5.82 Å². The number of piperidine rings is 1. The normalized spacial score (nSPS) is 15.6. The second kappa shape index (κ2) is 10.0. The number of nitrogens with zero attached hydrogens (tertiary/aromatic N) is 3. The summed E-state index contributed by atoms with van der Waals surface area (Å²) in [6.45, 7) is 1.87. The Balaban J connectivity index is 1.43. The number of carbonyl (C=O) groups is 1. The Labute approximate surface area is 187 Å². The van der Waals surface area contributed by atoms with Gasteiger partial charge in [-0.1, -0.05) is 35.5 Å². The average Bonchev–Trinajstić information content (AvgIpc) is 3.34. The maximum atomic E-state index is 13.2. The zero-order valence-electron chi connectivity index (χ0n) is 18.3. The molecule has 0 N–H and O–H groups in total. The van der Waals surface area contributed by atoms with Crippen LogP contribution in [0.5, 0.6) is 0 Å². The molecule has 4 rings (SSSR count). The monoisotopic (exact) mass is 437 g/mol. The lowest BCUT2D eigenvalue weighted by molar-refractivity contribution is -0.133. The van der Waals surface area contributed by atoms with Gasteiger partial charge in [-0.25, -0.2) is 4.39 Å². The predicted octanol–water partition coefficient (Wildman–Crippen LogP) is 4.41. The van der Waals surface area contributed by atoms with Crippen LogP contribution in [-0.4, -0.2) is 47.8 Å². The van der Waals surface area contributed by atoms with E-state index in [9.17, 15) is 9.18 Å². The van der Waals surface area contributed by atoms with Gasteiger partial charge in [-0.15, -0.1) is 0 Å². The highest BCUT2D eigenvalue weighted by Crippen LogP contribution is 2.38. The standard InChI is InChI=1S/C25H28FN3O3/c1-31-18-15-25(24-27-23(32-28-24)20-8-10-21(26)11-9-20)13-16-29(17-14-25)22(30)12-7-19-5-3-2-4-6-19/h2-6,8-11H,7,12-18H2,1H3. The number of halogens is 1. The number of carbonyl (C=O) groups excluding carboxylic acids is 1. The Bertz CT molecular complexity index is 1010. The number of ether oxygens (including phenoxy) is 1. The van der Waals surface area contributed by atoms with Gasteiger partial charge < -0.3 is 14.2 Å². The maximum Gasteiger partial charge on any atom is 0.257 e. The molecule has 168 valence electrons. The molecule has 2 aromatic carbocycles. The fourth-order valence-corrected chi connectivity index (χ4v) is 4.27. The third kappa shape index (κ3) is 5.05. The second-order valence-corrected chi connectivity index (χ2v) is 8.32. The smallest absolute Gasteiger partial charge is 0.257 e. The quantitative estimate of drug-likeness (QED) is 0.522. The molecule has 0 unspecified atom stereocenters. The first kappa shape index (κ1) is 22.1. The topological polar surface area (TPSA) is 68.5 Å². The van der Waals surface area contributed by atoms with Crippen molar-refractivity contribution in [3.05, 3.63) is 71.8 Å². The molecule has 0 atom stereocenters. The van der Waals surface area contributed by atoms with E-state index in [0.717, 1.165) is 25.7 Å². The Morgan fingerprint density at radius 3 is 2.53 bits per heavy atom. The third-order valence-corrected chi connectivity index (χ3v) is 6.32. The molecule has 0 radical (unpaired) electrons. The number of aromatic nitrogens is 2. The van der Waals surface area contributed by atoms with Gasteiger partial charge in [0.15, 0.2) is 5.82 Å². The van der Waals surface area contributed by atoms with Crippen LogP contribution in [0.3, 0.4) is 0 Å². The van der Waals surface area contributed by atoms with Gasteiger partial charge in [0.25, 0.3) is 5.89 Å². The van der Waals surface area contributed by atoms with Crippen molar-refractivity contribution in [2.45, 2.75) is 37.5 Å². The Morgan fingerprint density at radius 1 is 1.12 bits per heavy atom. The van der Waals surface area contributed by atoms with Gasteiger partial charge in [0, 0.05) is 44.2 Å². The van der Waals surface area contributed by atoms with Crippen LogP contribution >= 0.6 is 0 Å². The van der Waals surface area contributed by atoms with Gasteiger partial charge in [-0.3, -0.25) is 4.79 Å².